The Labute approximate surface area is 180 Å². The zero-order valence-corrected chi connectivity index (χ0v) is 17.1. The Morgan fingerprint density at radius 1 is 1.09 bits per heavy atom. The normalized spacial score (nSPS) is 10.8. The third-order valence-corrected chi connectivity index (χ3v) is 4.71. The molecule has 0 aliphatic carbocycles. The summed E-state index contributed by atoms with van der Waals surface area (Å²) in [6, 6.07) is 10.0. The van der Waals surface area contributed by atoms with E-state index in [0.717, 1.165) is 6.42 Å². The molecule has 32 heavy (non-hydrogen) atoms. The first-order valence-corrected chi connectivity index (χ1v) is 9.85. The molecule has 0 unspecified atom stereocenters. The number of halogens is 2. The van der Waals surface area contributed by atoms with Crippen LogP contribution in [0.25, 0.3) is 27.8 Å². The number of H-pyrrole nitrogens is 1. The molecule has 0 spiro atoms. The van der Waals surface area contributed by atoms with Gasteiger partial charge in [-0.25, -0.2) is 28.7 Å². The average molecular weight is 435 g/mol. The Hall–Kier alpha value is -4.21. The lowest BCUT2D eigenvalue weighted by Gasteiger charge is -2.13. The van der Waals surface area contributed by atoms with E-state index in [1.165, 1.54) is 47.6 Å². The zero-order valence-electron chi connectivity index (χ0n) is 17.1. The van der Waals surface area contributed by atoms with Gasteiger partial charge >= 0.3 is 0 Å². The number of nitrogen functional groups attached to an aromatic ring is 1. The van der Waals surface area contributed by atoms with Gasteiger partial charge in [0, 0.05) is 6.42 Å². The summed E-state index contributed by atoms with van der Waals surface area (Å²) in [6.07, 6.45) is 4.23. The monoisotopic (exact) mass is 435 g/mol. The summed E-state index contributed by atoms with van der Waals surface area (Å²) < 4.78 is 28.8. The largest absolute Gasteiger partial charge is 0.382 e. The molecule has 0 amide bonds. The lowest BCUT2D eigenvalue weighted by molar-refractivity contribution is 0.624. The number of aromatic amines is 1. The Morgan fingerprint density at radius 3 is 2.66 bits per heavy atom. The van der Waals surface area contributed by atoms with E-state index >= 15 is 0 Å². The lowest BCUT2D eigenvalue weighted by Crippen LogP contribution is -2.24. The highest BCUT2D eigenvalue weighted by Crippen LogP contribution is 2.17. The number of nitrogens with one attached hydrogen (secondary N) is 1. The number of rotatable bonds is 3. The van der Waals surface area contributed by atoms with Gasteiger partial charge in [0.25, 0.3) is 5.56 Å². The summed E-state index contributed by atoms with van der Waals surface area (Å²) in [7, 11) is 0. The molecule has 0 aliphatic heterocycles. The van der Waals surface area contributed by atoms with E-state index in [1.807, 2.05) is 6.92 Å². The van der Waals surface area contributed by atoms with Gasteiger partial charge in [0.2, 0.25) is 0 Å². The average Bonchev–Trinajstić information content (AvgIpc) is 3.25. The lowest BCUT2D eigenvalue weighted by atomic mass is 10.2. The van der Waals surface area contributed by atoms with Crippen LogP contribution in [-0.2, 0) is 6.42 Å². The van der Waals surface area contributed by atoms with Crippen molar-refractivity contribution in [3.8, 4) is 5.69 Å². The molecular weight excluding hydrogens is 416 g/mol. The van der Waals surface area contributed by atoms with Crippen molar-refractivity contribution in [1.29, 1.82) is 0 Å². The summed E-state index contributed by atoms with van der Waals surface area (Å²) in [6.45, 7) is 1.96. The van der Waals surface area contributed by atoms with Gasteiger partial charge in [0.05, 0.1) is 17.5 Å². The van der Waals surface area contributed by atoms with Gasteiger partial charge in [0.1, 0.15) is 34.7 Å². The van der Waals surface area contributed by atoms with Crippen molar-refractivity contribution in [3.63, 3.8) is 0 Å². The summed E-state index contributed by atoms with van der Waals surface area (Å²) in [5, 5.41) is -0.0772. The molecule has 5 aromatic rings. The van der Waals surface area contributed by atoms with Crippen molar-refractivity contribution >= 4 is 27.9 Å². The summed E-state index contributed by atoms with van der Waals surface area (Å²) in [5.41, 5.74) is 6.94. The fourth-order valence-electron chi connectivity index (χ4n) is 3.29. The molecule has 0 aliphatic rings. The number of benzene rings is 2. The predicted molar refractivity (Wildman–Crippen MR) is 117 cm³/mol. The van der Waals surface area contributed by atoms with E-state index in [1.54, 1.807) is 12.1 Å². The van der Waals surface area contributed by atoms with Gasteiger partial charge in [-0.05, 0) is 36.8 Å². The van der Waals surface area contributed by atoms with Gasteiger partial charge in [0.15, 0.2) is 11.5 Å². The van der Waals surface area contributed by atoms with Gasteiger partial charge in [-0.15, -0.1) is 0 Å². The number of hydrogen-bond donors (Lipinski definition) is 2. The van der Waals surface area contributed by atoms with Crippen LogP contribution in [0.15, 0.2) is 59.9 Å². The summed E-state index contributed by atoms with van der Waals surface area (Å²) >= 11 is 0. The molecule has 8 nitrogen and oxygen atoms in total. The molecule has 0 fully saturated rings. The predicted octanol–water partition coefficient (Wildman–Crippen LogP) is 3.55. The molecule has 2 aromatic carbocycles. The highest BCUT2D eigenvalue weighted by Gasteiger charge is 2.15. The summed E-state index contributed by atoms with van der Waals surface area (Å²) in [4.78, 5) is 31.5. The van der Waals surface area contributed by atoms with Gasteiger partial charge in [-0.2, -0.15) is 0 Å². The minimum absolute atomic E-state index is 0.0772. The van der Waals surface area contributed by atoms with Crippen LogP contribution in [0, 0.1) is 11.6 Å². The molecule has 0 bridgehead atoms. The van der Waals surface area contributed by atoms with E-state index in [-0.39, 0.29) is 5.39 Å². The van der Waals surface area contributed by atoms with Gasteiger partial charge < -0.3 is 10.7 Å². The number of nitrogens with zero attached hydrogens (tertiary/aromatic N) is 5. The maximum atomic E-state index is 14.0. The maximum absolute atomic E-state index is 14.0. The second-order valence-corrected chi connectivity index (χ2v) is 6.89. The Balaban J connectivity index is 0.000000203. The van der Waals surface area contributed by atoms with Crippen LogP contribution in [0.3, 0.4) is 0 Å². The topological polar surface area (TPSA) is 115 Å². The summed E-state index contributed by atoms with van der Waals surface area (Å²) in [5.74, 6) is -0.151. The number of fused-ring (bicyclic) bond motifs is 2. The van der Waals surface area contributed by atoms with Crippen LogP contribution < -0.4 is 11.3 Å². The van der Waals surface area contributed by atoms with Crippen molar-refractivity contribution in [1.82, 2.24) is 29.5 Å². The van der Waals surface area contributed by atoms with Crippen molar-refractivity contribution in [2.75, 3.05) is 5.73 Å². The molecule has 3 aromatic heterocycles. The molecule has 0 saturated carbocycles. The van der Waals surface area contributed by atoms with E-state index < -0.39 is 17.2 Å². The third-order valence-electron chi connectivity index (χ3n) is 4.71. The molecule has 3 heterocycles. The first kappa shape index (κ1) is 21.0. The molecular formula is C22H19F2N7O. The van der Waals surface area contributed by atoms with Crippen molar-refractivity contribution < 1.29 is 8.78 Å². The van der Waals surface area contributed by atoms with Crippen LogP contribution in [0.4, 0.5) is 14.6 Å². The molecule has 10 heteroatoms. The van der Waals surface area contributed by atoms with Crippen molar-refractivity contribution in [2.45, 2.75) is 19.8 Å². The zero-order chi connectivity index (χ0) is 22.7. The number of imidazole rings is 1. The van der Waals surface area contributed by atoms with Crippen LogP contribution in [0.2, 0.25) is 0 Å². The Kier molecular flexibility index (Phi) is 5.84. The second kappa shape index (κ2) is 8.88. The van der Waals surface area contributed by atoms with Crippen LogP contribution in [0.5, 0.6) is 0 Å². The SMILES string of the molecule is CCCc1nc2cccc(F)c2c(=O)n1-c1cccc(F)c1.Nc1ncnc2nc[nH]c12. The van der Waals surface area contributed by atoms with E-state index in [0.29, 0.717) is 40.4 Å². The number of hydrogen-bond acceptors (Lipinski definition) is 6. The highest BCUT2D eigenvalue weighted by molar-refractivity contribution is 5.80. The molecule has 162 valence electrons. The van der Waals surface area contributed by atoms with E-state index in [4.69, 9.17) is 5.73 Å². The fraction of sp³-hybridized carbons (Fsp3) is 0.136. The van der Waals surface area contributed by atoms with Gasteiger partial charge in [-0.1, -0.05) is 19.1 Å². The van der Waals surface area contributed by atoms with Crippen LogP contribution in [-0.4, -0.2) is 29.5 Å². The molecule has 3 N–H and O–H groups in total. The van der Waals surface area contributed by atoms with E-state index in [2.05, 4.69) is 24.9 Å². The fourth-order valence-corrected chi connectivity index (χ4v) is 3.29. The van der Waals surface area contributed by atoms with Crippen molar-refractivity contribution in [2.24, 2.45) is 0 Å². The number of anilines is 1. The second-order valence-electron chi connectivity index (χ2n) is 6.89. The van der Waals surface area contributed by atoms with Crippen LogP contribution >= 0.6 is 0 Å². The van der Waals surface area contributed by atoms with Crippen LogP contribution in [0.1, 0.15) is 19.2 Å². The minimum atomic E-state index is -0.622. The molecule has 0 saturated heterocycles. The molecule has 0 atom stereocenters. The first-order chi connectivity index (χ1) is 15.5. The number of aromatic nitrogens is 6. The van der Waals surface area contributed by atoms with Gasteiger partial charge in [-0.3, -0.25) is 9.36 Å². The number of nitrogens with two attached hydrogens (primary N) is 1. The maximum Gasteiger partial charge on any atom is 0.268 e. The Morgan fingerprint density at radius 2 is 1.91 bits per heavy atom. The third kappa shape index (κ3) is 4.02. The Bertz CT molecular complexity index is 1460. The standard InChI is InChI=1S/C17H14F2N2O.C5H5N5/c1-2-5-15-20-14-9-4-8-13(19)16(14)17(22)21(15)12-7-3-6-11(18)10-12;6-4-3-5(9-1-7-3)10-2-8-4/h3-4,6-10H,2,5H2,1H3;1-2H,(H3,6,7,8,9,10). The molecule has 0 radical (unpaired) electrons. The molecule has 5 rings (SSSR count). The number of aryl methyl sites for hydroxylation is 1. The smallest absolute Gasteiger partial charge is 0.268 e. The van der Waals surface area contributed by atoms with Crippen molar-refractivity contribution in [3.05, 3.63) is 82.9 Å². The first-order valence-electron chi connectivity index (χ1n) is 9.85. The highest BCUT2D eigenvalue weighted by atomic mass is 19.1. The minimum Gasteiger partial charge on any atom is -0.382 e. The quantitative estimate of drug-likeness (QED) is 0.448. The van der Waals surface area contributed by atoms with E-state index in [9.17, 15) is 13.6 Å².